The average molecular weight is 381 g/mol. The van der Waals surface area contributed by atoms with Gasteiger partial charge in [0, 0.05) is 24.1 Å². The van der Waals surface area contributed by atoms with E-state index in [4.69, 9.17) is 5.73 Å². The number of hydrogen-bond acceptors (Lipinski definition) is 3. The number of benzene rings is 2. The summed E-state index contributed by atoms with van der Waals surface area (Å²) in [5, 5.41) is 2.70. The van der Waals surface area contributed by atoms with Crippen molar-refractivity contribution in [2.45, 2.75) is 50.6 Å². The molecule has 1 heterocycles. The molecule has 146 valence electrons. The van der Waals surface area contributed by atoms with E-state index in [-0.39, 0.29) is 23.0 Å². The fraction of sp³-hybridized carbons (Fsp3) is 0.364. The molecule has 0 unspecified atom stereocenters. The van der Waals surface area contributed by atoms with Gasteiger partial charge in [-0.2, -0.15) is 0 Å². The zero-order valence-corrected chi connectivity index (χ0v) is 15.7. The monoisotopic (exact) mass is 381 g/mol. The molecule has 1 spiro atoms. The molecule has 2 aliphatic rings. The standard InChI is InChI=1S/C22H24FN3O2/c23-17-8-9-19(18(24)13-17)25-21(28)16-6-4-15(5-7-16)14-26-20(27)3-1-10-22(26)11-2-12-22/h4-9,13H,1-3,10-12,14,24H2,(H,25,28). The molecule has 0 bridgehead atoms. The van der Waals surface area contributed by atoms with Gasteiger partial charge in [-0.3, -0.25) is 9.59 Å². The number of halogens is 1. The van der Waals surface area contributed by atoms with Crippen molar-refractivity contribution in [1.82, 2.24) is 4.90 Å². The molecule has 2 aromatic carbocycles. The Kier molecular flexibility index (Phi) is 4.79. The number of piperidine rings is 1. The van der Waals surface area contributed by atoms with E-state index in [1.54, 1.807) is 12.1 Å². The van der Waals surface area contributed by atoms with Crippen LogP contribution < -0.4 is 11.1 Å². The van der Waals surface area contributed by atoms with E-state index in [0.717, 1.165) is 31.2 Å². The molecule has 2 fully saturated rings. The van der Waals surface area contributed by atoms with E-state index in [0.29, 0.717) is 24.2 Å². The summed E-state index contributed by atoms with van der Waals surface area (Å²) in [5.74, 6) is -0.523. The first kappa shape index (κ1) is 18.5. The highest BCUT2D eigenvalue weighted by Gasteiger charge is 2.46. The number of anilines is 2. The molecule has 1 saturated heterocycles. The number of amides is 2. The summed E-state index contributed by atoms with van der Waals surface area (Å²) >= 11 is 0. The van der Waals surface area contributed by atoms with Gasteiger partial charge in [-0.15, -0.1) is 0 Å². The van der Waals surface area contributed by atoms with Crippen LogP contribution in [0.3, 0.4) is 0 Å². The fourth-order valence-corrected chi connectivity index (χ4v) is 4.25. The lowest BCUT2D eigenvalue weighted by Crippen LogP contribution is -2.58. The Bertz CT molecular complexity index is 906. The van der Waals surface area contributed by atoms with Crippen molar-refractivity contribution in [2.75, 3.05) is 11.1 Å². The number of nitrogens with one attached hydrogen (secondary N) is 1. The Labute approximate surface area is 163 Å². The first-order valence-corrected chi connectivity index (χ1v) is 9.73. The van der Waals surface area contributed by atoms with E-state index < -0.39 is 5.82 Å². The first-order chi connectivity index (χ1) is 13.5. The van der Waals surface area contributed by atoms with Crippen LogP contribution in [0.25, 0.3) is 0 Å². The average Bonchev–Trinajstić information content (AvgIpc) is 2.65. The quantitative estimate of drug-likeness (QED) is 0.783. The summed E-state index contributed by atoms with van der Waals surface area (Å²) < 4.78 is 13.1. The molecule has 3 N–H and O–H groups in total. The molecule has 28 heavy (non-hydrogen) atoms. The van der Waals surface area contributed by atoms with E-state index in [2.05, 4.69) is 5.32 Å². The number of carbonyl (C=O) groups is 2. The van der Waals surface area contributed by atoms with Gasteiger partial charge in [0.2, 0.25) is 5.91 Å². The van der Waals surface area contributed by atoms with Crippen LogP contribution in [0.1, 0.15) is 54.4 Å². The maximum atomic E-state index is 13.1. The number of likely N-dealkylation sites (tertiary alicyclic amines) is 1. The maximum Gasteiger partial charge on any atom is 0.255 e. The normalized spacial score (nSPS) is 18.0. The lowest BCUT2D eigenvalue weighted by Gasteiger charge is -2.53. The molecule has 0 atom stereocenters. The lowest BCUT2D eigenvalue weighted by molar-refractivity contribution is -0.148. The number of nitrogens with two attached hydrogens (primary N) is 1. The van der Waals surface area contributed by atoms with Gasteiger partial charge in [0.15, 0.2) is 0 Å². The molecule has 2 amide bonds. The second kappa shape index (κ2) is 7.26. The van der Waals surface area contributed by atoms with Crippen molar-refractivity contribution >= 4 is 23.2 Å². The van der Waals surface area contributed by atoms with E-state index in [9.17, 15) is 14.0 Å². The van der Waals surface area contributed by atoms with Crippen molar-refractivity contribution in [3.05, 3.63) is 59.4 Å². The van der Waals surface area contributed by atoms with Gasteiger partial charge in [0.25, 0.3) is 5.91 Å². The summed E-state index contributed by atoms with van der Waals surface area (Å²) in [5.41, 5.74) is 7.85. The molecule has 0 radical (unpaired) electrons. The molecular weight excluding hydrogens is 357 g/mol. The summed E-state index contributed by atoms with van der Waals surface area (Å²) in [6, 6.07) is 11.1. The molecule has 1 aliphatic heterocycles. The van der Waals surface area contributed by atoms with Crippen molar-refractivity contribution in [1.29, 1.82) is 0 Å². The van der Waals surface area contributed by atoms with Crippen LogP contribution in [0.5, 0.6) is 0 Å². The SMILES string of the molecule is Nc1cc(F)ccc1NC(=O)c1ccc(CN2C(=O)CCCC23CCC3)cc1. The van der Waals surface area contributed by atoms with Crippen molar-refractivity contribution in [3.8, 4) is 0 Å². The third-order valence-electron chi connectivity index (χ3n) is 6.01. The second-order valence-corrected chi connectivity index (χ2v) is 7.79. The molecule has 2 aromatic rings. The number of rotatable bonds is 4. The Balaban J connectivity index is 1.44. The number of hydrogen-bond donors (Lipinski definition) is 2. The predicted octanol–water partition coefficient (Wildman–Crippen LogP) is 4.10. The van der Waals surface area contributed by atoms with Gasteiger partial charge in [-0.1, -0.05) is 12.1 Å². The third-order valence-corrected chi connectivity index (χ3v) is 6.01. The highest BCUT2D eigenvalue weighted by molar-refractivity contribution is 6.05. The number of nitrogen functional groups attached to an aromatic ring is 1. The molecule has 6 heteroatoms. The van der Waals surface area contributed by atoms with E-state index >= 15 is 0 Å². The van der Waals surface area contributed by atoms with Crippen molar-refractivity contribution in [3.63, 3.8) is 0 Å². The Hall–Kier alpha value is -2.89. The summed E-state index contributed by atoms with van der Waals surface area (Å²) in [4.78, 5) is 27.0. The van der Waals surface area contributed by atoms with Gasteiger partial charge >= 0.3 is 0 Å². The van der Waals surface area contributed by atoms with Crippen LogP contribution in [0.4, 0.5) is 15.8 Å². The van der Waals surface area contributed by atoms with E-state index in [1.807, 2.05) is 17.0 Å². The number of nitrogens with zero attached hydrogens (tertiary/aromatic N) is 1. The molecule has 0 aromatic heterocycles. The zero-order valence-electron chi connectivity index (χ0n) is 15.7. The maximum absolute atomic E-state index is 13.1. The minimum atomic E-state index is -0.448. The second-order valence-electron chi connectivity index (χ2n) is 7.79. The van der Waals surface area contributed by atoms with Crippen LogP contribution >= 0.6 is 0 Å². The Morgan fingerprint density at radius 1 is 1.11 bits per heavy atom. The van der Waals surface area contributed by atoms with Gasteiger partial charge < -0.3 is 16.0 Å². The highest BCUT2D eigenvalue weighted by atomic mass is 19.1. The lowest BCUT2D eigenvalue weighted by atomic mass is 9.70. The first-order valence-electron chi connectivity index (χ1n) is 9.73. The fourth-order valence-electron chi connectivity index (χ4n) is 4.25. The van der Waals surface area contributed by atoms with Crippen LogP contribution in [-0.4, -0.2) is 22.3 Å². The molecule has 1 aliphatic carbocycles. The predicted molar refractivity (Wildman–Crippen MR) is 106 cm³/mol. The van der Waals surface area contributed by atoms with Gasteiger partial charge in [-0.25, -0.2) is 4.39 Å². The molecule has 5 nitrogen and oxygen atoms in total. The summed E-state index contributed by atoms with van der Waals surface area (Å²) in [7, 11) is 0. The number of carbonyl (C=O) groups excluding carboxylic acids is 2. The smallest absolute Gasteiger partial charge is 0.255 e. The molecule has 4 rings (SSSR count). The topological polar surface area (TPSA) is 75.4 Å². The summed E-state index contributed by atoms with van der Waals surface area (Å²) in [6.07, 6.45) is 6.09. The van der Waals surface area contributed by atoms with Crippen molar-refractivity contribution < 1.29 is 14.0 Å². The van der Waals surface area contributed by atoms with Crippen molar-refractivity contribution in [2.24, 2.45) is 0 Å². The Morgan fingerprint density at radius 3 is 2.46 bits per heavy atom. The summed E-state index contributed by atoms with van der Waals surface area (Å²) in [6.45, 7) is 0.589. The largest absolute Gasteiger partial charge is 0.397 e. The third kappa shape index (κ3) is 3.46. The van der Waals surface area contributed by atoms with Gasteiger partial charge in [0.05, 0.1) is 11.4 Å². The minimum absolute atomic E-state index is 0.0610. The van der Waals surface area contributed by atoms with Gasteiger partial charge in [-0.05, 0) is 68.0 Å². The van der Waals surface area contributed by atoms with Crippen LogP contribution in [0.15, 0.2) is 42.5 Å². The van der Waals surface area contributed by atoms with E-state index in [1.165, 1.54) is 24.6 Å². The van der Waals surface area contributed by atoms with Crippen LogP contribution in [0.2, 0.25) is 0 Å². The highest BCUT2D eigenvalue weighted by Crippen LogP contribution is 2.45. The molecule has 1 saturated carbocycles. The van der Waals surface area contributed by atoms with Crippen LogP contribution in [0, 0.1) is 5.82 Å². The van der Waals surface area contributed by atoms with Gasteiger partial charge in [0.1, 0.15) is 5.82 Å². The Morgan fingerprint density at radius 2 is 1.82 bits per heavy atom. The minimum Gasteiger partial charge on any atom is -0.397 e. The zero-order chi connectivity index (χ0) is 19.7. The van der Waals surface area contributed by atoms with Crippen LogP contribution in [-0.2, 0) is 11.3 Å². The molecular formula is C22H24FN3O2.